The lowest BCUT2D eigenvalue weighted by Crippen LogP contribution is -2.16. The van der Waals surface area contributed by atoms with Crippen molar-refractivity contribution >= 4 is 0 Å². The Morgan fingerprint density at radius 2 is 2.25 bits per heavy atom. The van der Waals surface area contributed by atoms with Crippen LogP contribution in [0.1, 0.15) is 5.56 Å². The summed E-state index contributed by atoms with van der Waals surface area (Å²) in [5.41, 5.74) is 9.10. The molecular weight excluding hydrogens is 210 g/mol. The number of methoxy groups -OCH3 is 1. The van der Waals surface area contributed by atoms with Crippen LogP contribution < -0.4 is 14.2 Å². The van der Waals surface area contributed by atoms with E-state index in [4.69, 9.17) is 19.7 Å². The van der Waals surface area contributed by atoms with Gasteiger partial charge in [0.15, 0.2) is 11.5 Å². The number of ether oxygens (including phenoxy) is 3. The molecule has 2 rings (SSSR count). The predicted molar refractivity (Wildman–Crippen MR) is 56.8 cm³/mol. The highest BCUT2D eigenvalue weighted by Gasteiger charge is 2.17. The maximum absolute atomic E-state index is 8.26. The molecule has 6 heteroatoms. The molecule has 84 valence electrons. The summed E-state index contributed by atoms with van der Waals surface area (Å²) in [4.78, 5) is 2.71. The summed E-state index contributed by atoms with van der Waals surface area (Å²) in [5, 5.41) is 3.49. The van der Waals surface area contributed by atoms with Crippen molar-refractivity contribution in [2.24, 2.45) is 5.11 Å². The van der Waals surface area contributed by atoms with E-state index in [1.807, 2.05) is 0 Å². The number of hydrogen-bond donors (Lipinski definition) is 0. The number of hydrogen-bond acceptors (Lipinski definition) is 4. The number of benzene rings is 1. The normalized spacial score (nSPS) is 12.8. The zero-order valence-corrected chi connectivity index (χ0v) is 8.84. The summed E-state index contributed by atoms with van der Waals surface area (Å²) in [7, 11) is 1.56. The fourth-order valence-electron chi connectivity index (χ4n) is 1.53. The second-order valence-corrected chi connectivity index (χ2v) is 3.21. The molecule has 0 unspecified atom stereocenters. The molecule has 0 atom stereocenters. The molecule has 0 saturated carbocycles. The van der Waals surface area contributed by atoms with Crippen LogP contribution in [0.25, 0.3) is 10.4 Å². The Morgan fingerprint density at radius 3 is 3.00 bits per heavy atom. The minimum atomic E-state index is 0.267. The first kappa shape index (κ1) is 10.4. The topological polar surface area (TPSA) is 76.5 Å². The van der Waals surface area contributed by atoms with Crippen LogP contribution in [-0.2, 0) is 6.54 Å². The molecule has 0 aliphatic carbocycles. The van der Waals surface area contributed by atoms with Gasteiger partial charge in [-0.3, -0.25) is 0 Å². The van der Waals surface area contributed by atoms with E-state index in [0.717, 1.165) is 5.56 Å². The first-order valence-electron chi connectivity index (χ1n) is 4.82. The highest BCUT2D eigenvalue weighted by Crippen LogP contribution is 2.40. The minimum Gasteiger partial charge on any atom is -0.493 e. The smallest absolute Gasteiger partial charge is 0.203 e. The average Bonchev–Trinajstić information content (AvgIpc) is 2.35. The molecule has 16 heavy (non-hydrogen) atoms. The Balaban J connectivity index is 2.38. The van der Waals surface area contributed by atoms with E-state index < -0.39 is 0 Å². The van der Waals surface area contributed by atoms with Crippen LogP contribution >= 0.6 is 0 Å². The Bertz CT molecular complexity index is 424. The maximum Gasteiger partial charge on any atom is 0.203 e. The predicted octanol–water partition coefficient (Wildman–Crippen LogP) is 2.28. The molecule has 0 N–H and O–H groups in total. The van der Waals surface area contributed by atoms with Crippen LogP contribution in [0.15, 0.2) is 17.2 Å². The third-order valence-corrected chi connectivity index (χ3v) is 2.20. The molecule has 0 radical (unpaired) electrons. The number of rotatable bonds is 3. The summed E-state index contributed by atoms with van der Waals surface area (Å²) >= 11 is 0. The van der Waals surface area contributed by atoms with Crippen LogP contribution in [0.4, 0.5) is 0 Å². The quantitative estimate of drug-likeness (QED) is 0.446. The first-order valence-corrected chi connectivity index (χ1v) is 4.82. The van der Waals surface area contributed by atoms with Gasteiger partial charge in [0, 0.05) is 4.91 Å². The van der Waals surface area contributed by atoms with Crippen LogP contribution in [0, 0.1) is 0 Å². The van der Waals surface area contributed by atoms with E-state index in [0.29, 0.717) is 30.5 Å². The number of nitrogens with zero attached hydrogens (tertiary/aromatic N) is 3. The summed E-state index contributed by atoms with van der Waals surface area (Å²) < 4.78 is 16.1. The fourth-order valence-corrected chi connectivity index (χ4v) is 1.53. The Morgan fingerprint density at radius 1 is 1.44 bits per heavy atom. The summed E-state index contributed by atoms with van der Waals surface area (Å²) in [6.07, 6.45) is 0. The van der Waals surface area contributed by atoms with E-state index in [2.05, 4.69) is 10.0 Å². The standard InChI is InChI=1S/C10H11N3O3/c1-14-8-4-7(6-12-13-11)5-9-10(8)16-3-2-15-9/h4-5H,2-3,6H2,1H3. The van der Waals surface area contributed by atoms with Crippen LogP contribution in [-0.4, -0.2) is 20.3 Å². The van der Waals surface area contributed by atoms with Gasteiger partial charge < -0.3 is 14.2 Å². The highest BCUT2D eigenvalue weighted by molar-refractivity contribution is 5.54. The molecule has 0 saturated heterocycles. The third kappa shape index (κ3) is 1.97. The zero-order chi connectivity index (χ0) is 11.4. The summed E-state index contributed by atoms with van der Waals surface area (Å²) in [5.74, 6) is 1.84. The molecule has 0 amide bonds. The molecule has 1 aliphatic heterocycles. The van der Waals surface area contributed by atoms with Crippen molar-refractivity contribution in [2.75, 3.05) is 20.3 Å². The summed E-state index contributed by atoms with van der Waals surface area (Å²) in [6.45, 7) is 1.30. The molecule has 1 aromatic rings. The molecule has 0 bridgehead atoms. The molecule has 0 spiro atoms. The molecule has 0 fully saturated rings. The van der Waals surface area contributed by atoms with Crippen LogP contribution in [0.2, 0.25) is 0 Å². The second-order valence-electron chi connectivity index (χ2n) is 3.21. The van der Waals surface area contributed by atoms with E-state index in [1.165, 1.54) is 0 Å². The Hall–Kier alpha value is -2.07. The van der Waals surface area contributed by atoms with E-state index in [9.17, 15) is 0 Å². The van der Waals surface area contributed by atoms with Gasteiger partial charge in [0.25, 0.3) is 0 Å². The lowest BCUT2D eigenvalue weighted by Gasteiger charge is -2.21. The van der Waals surface area contributed by atoms with Gasteiger partial charge in [0.2, 0.25) is 5.75 Å². The first-order chi connectivity index (χ1) is 7.85. The van der Waals surface area contributed by atoms with Crippen molar-refractivity contribution in [3.8, 4) is 17.2 Å². The molecular formula is C10H11N3O3. The molecule has 1 aliphatic rings. The molecule has 1 heterocycles. The van der Waals surface area contributed by atoms with Gasteiger partial charge in [0.05, 0.1) is 13.7 Å². The summed E-state index contributed by atoms with van der Waals surface area (Å²) in [6, 6.07) is 3.58. The second kappa shape index (κ2) is 4.63. The van der Waals surface area contributed by atoms with Gasteiger partial charge in [-0.15, -0.1) is 0 Å². The van der Waals surface area contributed by atoms with Crippen molar-refractivity contribution < 1.29 is 14.2 Å². The van der Waals surface area contributed by atoms with Gasteiger partial charge >= 0.3 is 0 Å². The lowest BCUT2D eigenvalue weighted by molar-refractivity contribution is 0.165. The fraction of sp³-hybridized carbons (Fsp3) is 0.400. The number of azide groups is 1. The van der Waals surface area contributed by atoms with Crippen molar-refractivity contribution in [1.82, 2.24) is 0 Å². The van der Waals surface area contributed by atoms with Crippen molar-refractivity contribution in [2.45, 2.75) is 6.54 Å². The van der Waals surface area contributed by atoms with E-state index in [-0.39, 0.29) is 6.54 Å². The van der Waals surface area contributed by atoms with Crippen molar-refractivity contribution in [3.63, 3.8) is 0 Å². The Kier molecular flexibility index (Phi) is 3.03. The lowest BCUT2D eigenvalue weighted by atomic mass is 10.2. The molecule has 6 nitrogen and oxygen atoms in total. The minimum absolute atomic E-state index is 0.267. The van der Waals surface area contributed by atoms with E-state index >= 15 is 0 Å². The van der Waals surface area contributed by atoms with Gasteiger partial charge in [-0.1, -0.05) is 5.11 Å². The molecule has 1 aromatic carbocycles. The number of fused-ring (bicyclic) bond motifs is 1. The van der Waals surface area contributed by atoms with Gasteiger partial charge in [-0.2, -0.15) is 0 Å². The average molecular weight is 221 g/mol. The van der Waals surface area contributed by atoms with Gasteiger partial charge in [0.1, 0.15) is 13.2 Å². The van der Waals surface area contributed by atoms with Gasteiger partial charge in [-0.25, -0.2) is 0 Å². The monoisotopic (exact) mass is 221 g/mol. The largest absolute Gasteiger partial charge is 0.493 e. The van der Waals surface area contributed by atoms with Crippen LogP contribution in [0.5, 0.6) is 17.2 Å². The maximum atomic E-state index is 8.26. The van der Waals surface area contributed by atoms with Crippen molar-refractivity contribution in [3.05, 3.63) is 28.1 Å². The Labute approximate surface area is 92.4 Å². The zero-order valence-electron chi connectivity index (χ0n) is 8.84. The molecule has 0 aromatic heterocycles. The van der Waals surface area contributed by atoms with Crippen molar-refractivity contribution in [1.29, 1.82) is 0 Å². The van der Waals surface area contributed by atoms with Crippen LogP contribution in [0.3, 0.4) is 0 Å². The highest BCUT2D eigenvalue weighted by atomic mass is 16.6. The van der Waals surface area contributed by atoms with Gasteiger partial charge in [-0.05, 0) is 23.2 Å². The van der Waals surface area contributed by atoms with E-state index in [1.54, 1.807) is 19.2 Å². The third-order valence-electron chi connectivity index (χ3n) is 2.20. The SMILES string of the molecule is COc1cc(CN=[N+]=[N-])cc2c1OCCO2.